The molecule has 0 atom stereocenters. The van der Waals surface area contributed by atoms with Crippen molar-refractivity contribution in [1.82, 2.24) is 9.78 Å². The number of halogens is 1. The molecule has 142 valence electrons. The molecule has 0 aliphatic carbocycles. The van der Waals surface area contributed by atoms with Crippen LogP contribution in [0.2, 0.25) is 5.15 Å². The van der Waals surface area contributed by atoms with Gasteiger partial charge in [-0.1, -0.05) is 37.6 Å². The van der Waals surface area contributed by atoms with Crippen molar-refractivity contribution in [3.8, 4) is 6.07 Å². The predicted octanol–water partition coefficient (Wildman–Crippen LogP) is 3.56. The molecule has 1 heterocycles. The van der Waals surface area contributed by atoms with Crippen LogP contribution in [-0.2, 0) is 16.1 Å². The second-order valence-electron chi connectivity index (χ2n) is 6.42. The first-order valence-corrected chi connectivity index (χ1v) is 8.90. The SMILES string of the molecule is Cc1nn(CC(C)C)c(Cl)c1C(=O)OCCC(=O)Nc1ccccc1C#N. The van der Waals surface area contributed by atoms with Gasteiger partial charge in [0.25, 0.3) is 0 Å². The zero-order valence-electron chi connectivity index (χ0n) is 15.5. The number of amides is 1. The summed E-state index contributed by atoms with van der Waals surface area (Å²) in [5, 5.41) is 16.2. The highest BCUT2D eigenvalue weighted by atomic mass is 35.5. The van der Waals surface area contributed by atoms with Gasteiger partial charge in [-0.3, -0.25) is 9.48 Å². The molecular weight excluding hydrogens is 368 g/mol. The standard InChI is InChI=1S/C19H21ClN4O3/c1-12(2)11-24-18(20)17(13(3)23-24)19(26)27-9-8-16(25)22-15-7-5-4-6-14(15)10-21/h4-7,12H,8-9,11H2,1-3H3,(H,22,25). The number of nitriles is 1. The molecule has 0 unspecified atom stereocenters. The van der Waals surface area contributed by atoms with Gasteiger partial charge in [0.1, 0.15) is 23.4 Å². The first-order valence-electron chi connectivity index (χ1n) is 8.52. The van der Waals surface area contributed by atoms with Gasteiger partial charge >= 0.3 is 5.97 Å². The first kappa shape index (κ1) is 20.5. The van der Waals surface area contributed by atoms with Crippen molar-refractivity contribution in [2.24, 2.45) is 5.92 Å². The van der Waals surface area contributed by atoms with E-state index in [-0.39, 0.29) is 29.7 Å². The summed E-state index contributed by atoms with van der Waals surface area (Å²) < 4.78 is 6.74. The summed E-state index contributed by atoms with van der Waals surface area (Å²) in [7, 11) is 0. The molecule has 0 saturated heterocycles. The second kappa shape index (κ2) is 9.19. The highest BCUT2D eigenvalue weighted by Gasteiger charge is 2.22. The van der Waals surface area contributed by atoms with Gasteiger partial charge in [0.2, 0.25) is 5.91 Å². The van der Waals surface area contributed by atoms with Crippen molar-refractivity contribution in [2.75, 3.05) is 11.9 Å². The van der Waals surface area contributed by atoms with Crippen molar-refractivity contribution in [2.45, 2.75) is 33.7 Å². The normalized spacial score (nSPS) is 10.5. The zero-order valence-corrected chi connectivity index (χ0v) is 16.2. The molecule has 0 aliphatic rings. The Balaban J connectivity index is 1.92. The molecule has 27 heavy (non-hydrogen) atoms. The lowest BCUT2D eigenvalue weighted by atomic mass is 10.2. The van der Waals surface area contributed by atoms with Crippen LogP contribution in [0.4, 0.5) is 5.69 Å². The van der Waals surface area contributed by atoms with Crippen LogP contribution in [0, 0.1) is 24.2 Å². The summed E-state index contributed by atoms with van der Waals surface area (Å²) in [6.45, 7) is 6.21. The largest absolute Gasteiger partial charge is 0.461 e. The summed E-state index contributed by atoms with van der Waals surface area (Å²) in [5.74, 6) is -0.646. The van der Waals surface area contributed by atoms with Crippen LogP contribution in [0.1, 0.15) is 41.9 Å². The van der Waals surface area contributed by atoms with Crippen LogP contribution in [0.3, 0.4) is 0 Å². The van der Waals surface area contributed by atoms with Gasteiger partial charge < -0.3 is 10.1 Å². The number of hydrogen-bond acceptors (Lipinski definition) is 5. The predicted molar refractivity (Wildman–Crippen MR) is 101 cm³/mol. The van der Waals surface area contributed by atoms with Crippen molar-refractivity contribution in [1.29, 1.82) is 5.26 Å². The van der Waals surface area contributed by atoms with E-state index in [1.54, 1.807) is 35.9 Å². The molecule has 0 aliphatic heterocycles. The number of carbonyl (C=O) groups is 2. The molecule has 0 bridgehead atoms. The molecule has 0 radical (unpaired) electrons. The fourth-order valence-corrected chi connectivity index (χ4v) is 2.78. The minimum atomic E-state index is -0.613. The highest BCUT2D eigenvalue weighted by Crippen LogP contribution is 2.22. The van der Waals surface area contributed by atoms with E-state index in [4.69, 9.17) is 21.6 Å². The van der Waals surface area contributed by atoms with Gasteiger partial charge in [-0.05, 0) is 25.0 Å². The van der Waals surface area contributed by atoms with E-state index in [1.165, 1.54) is 0 Å². The summed E-state index contributed by atoms with van der Waals surface area (Å²) in [4.78, 5) is 24.3. The van der Waals surface area contributed by atoms with E-state index in [9.17, 15) is 9.59 Å². The number of aryl methyl sites for hydroxylation is 1. The maximum atomic E-state index is 12.3. The molecule has 0 saturated carbocycles. The molecule has 7 nitrogen and oxygen atoms in total. The number of carbonyl (C=O) groups excluding carboxylic acids is 2. The average molecular weight is 389 g/mol. The molecule has 0 fully saturated rings. The number of aromatic nitrogens is 2. The number of esters is 1. The maximum absolute atomic E-state index is 12.3. The van der Waals surface area contributed by atoms with Crippen LogP contribution in [0.5, 0.6) is 0 Å². The lowest BCUT2D eigenvalue weighted by Gasteiger charge is -2.08. The second-order valence-corrected chi connectivity index (χ2v) is 6.78. The van der Waals surface area contributed by atoms with E-state index < -0.39 is 5.97 Å². The topological polar surface area (TPSA) is 97.0 Å². The Hall–Kier alpha value is -2.85. The Morgan fingerprint density at radius 1 is 1.37 bits per heavy atom. The van der Waals surface area contributed by atoms with Gasteiger partial charge in [-0.25, -0.2) is 4.79 Å². The Morgan fingerprint density at radius 2 is 2.07 bits per heavy atom. The van der Waals surface area contributed by atoms with Gasteiger partial charge in [-0.15, -0.1) is 0 Å². The van der Waals surface area contributed by atoms with E-state index >= 15 is 0 Å². The van der Waals surface area contributed by atoms with Gasteiger partial charge in [-0.2, -0.15) is 10.4 Å². The maximum Gasteiger partial charge on any atom is 0.343 e. The van der Waals surface area contributed by atoms with Gasteiger partial charge in [0, 0.05) is 6.54 Å². The third-order valence-electron chi connectivity index (χ3n) is 3.69. The Morgan fingerprint density at radius 3 is 2.74 bits per heavy atom. The number of para-hydroxylation sites is 1. The number of ether oxygens (including phenoxy) is 1. The van der Waals surface area contributed by atoms with E-state index in [2.05, 4.69) is 10.4 Å². The molecule has 1 aromatic heterocycles. The fraction of sp³-hybridized carbons (Fsp3) is 0.368. The summed E-state index contributed by atoms with van der Waals surface area (Å²) in [6, 6.07) is 8.67. The van der Waals surface area contributed by atoms with Crippen LogP contribution >= 0.6 is 11.6 Å². The van der Waals surface area contributed by atoms with Gasteiger partial charge in [0.05, 0.1) is 23.4 Å². The first-order chi connectivity index (χ1) is 12.8. The minimum Gasteiger partial charge on any atom is -0.461 e. The summed E-state index contributed by atoms with van der Waals surface area (Å²) in [5.41, 5.74) is 1.48. The van der Waals surface area contributed by atoms with E-state index in [1.807, 2.05) is 19.9 Å². The third-order valence-corrected chi connectivity index (χ3v) is 4.08. The molecule has 2 rings (SSSR count). The number of rotatable bonds is 7. The Kier molecular flexibility index (Phi) is 6.97. The number of hydrogen-bond donors (Lipinski definition) is 1. The van der Waals surface area contributed by atoms with Crippen molar-refractivity contribution >= 4 is 29.2 Å². The lowest BCUT2D eigenvalue weighted by molar-refractivity contribution is -0.116. The number of benzene rings is 1. The van der Waals surface area contributed by atoms with E-state index in [0.29, 0.717) is 29.4 Å². The molecule has 0 spiro atoms. The summed E-state index contributed by atoms with van der Waals surface area (Å²) in [6.07, 6.45) is -0.0394. The van der Waals surface area contributed by atoms with Gasteiger partial charge in [0.15, 0.2) is 0 Å². The number of anilines is 1. The molecular formula is C19H21ClN4O3. The molecule has 8 heteroatoms. The Bertz CT molecular complexity index is 884. The monoisotopic (exact) mass is 388 g/mol. The van der Waals surface area contributed by atoms with E-state index in [0.717, 1.165) is 0 Å². The van der Waals surface area contributed by atoms with Crippen molar-refractivity contribution in [3.05, 3.63) is 46.2 Å². The fourth-order valence-electron chi connectivity index (χ4n) is 2.46. The van der Waals surface area contributed by atoms with Crippen LogP contribution < -0.4 is 5.32 Å². The molecule has 1 N–H and O–H groups in total. The minimum absolute atomic E-state index is 0.0394. The van der Waals surface area contributed by atoms with Crippen LogP contribution in [0.15, 0.2) is 24.3 Å². The number of nitrogens with one attached hydrogen (secondary N) is 1. The lowest BCUT2D eigenvalue weighted by Crippen LogP contribution is -2.17. The average Bonchev–Trinajstić information content (AvgIpc) is 2.88. The molecule has 1 aromatic carbocycles. The smallest absolute Gasteiger partial charge is 0.343 e. The molecule has 1 amide bonds. The molecule has 2 aromatic rings. The number of nitrogens with zero attached hydrogens (tertiary/aromatic N) is 3. The highest BCUT2D eigenvalue weighted by molar-refractivity contribution is 6.32. The summed E-state index contributed by atoms with van der Waals surface area (Å²) >= 11 is 6.24. The van der Waals surface area contributed by atoms with Crippen molar-refractivity contribution in [3.63, 3.8) is 0 Å². The zero-order chi connectivity index (χ0) is 20.0. The quantitative estimate of drug-likeness (QED) is 0.731. The van der Waals surface area contributed by atoms with Crippen molar-refractivity contribution < 1.29 is 14.3 Å². The Labute approximate surface area is 162 Å². The van der Waals surface area contributed by atoms with Crippen LogP contribution in [0.25, 0.3) is 0 Å². The van der Waals surface area contributed by atoms with Crippen LogP contribution in [-0.4, -0.2) is 28.3 Å². The third kappa shape index (κ3) is 5.31.